The third-order valence-corrected chi connectivity index (χ3v) is 4.02. The standard InChI is InChI=1S/C16H24N2O/c1-2-12-9-10-14(11-15(12)17)18-16(19)13-7-5-3-4-6-8-13/h9-11,13H,2-8,17H2,1H3,(H,18,19). The van der Waals surface area contributed by atoms with E-state index >= 15 is 0 Å². The van der Waals surface area contributed by atoms with Crippen molar-refractivity contribution in [2.75, 3.05) is 11.1 Å². The Hall–Kier alpha value is -1.51. The Morgan fingerprint density at radius 1 is 1.26 bits per heavy atom. The summed E-state index contributed by atoms with van der Waals surface area (Å²) in [6.07, 6.45) is 7.85. The smallest absolute Gasteiger partial charge is 0.227 e. The highest BCUT2D eigenvalue weighted by Gasteiger charge is 2.20. The summed E-state index contributed by atoms with van der Waals surface area (Å²) in [7, 11) is 0. The van der Waals surface area contributed by atoms with Crippen LogP contribution in [0, 0.1) is 5.92 Å². The van der Waals surface area contributed by atoms with E-state index in [1.54, 1.807) is 0 Å². The largest absolute Gasteiger partial charge is 0.398 e. The van der Waals surface area contributed by atoms with Gasteiger partial charge in [0.15, 0.2) is 0 Å². The summed E-state index contributed by atoms with van der Waals surface area (Å²) in [5, 5.41) is 3.01. The van der Waals surface area contributed by atoms with E-state index in [1.807, 2.05) is 18.2 Å². The summed E-state index contributed by atoms with van der Waals surface area (Å²) in [6, 6.07) is 5.81. The number of amides is 1. The highest BCUT2D eigenvalue weighted by molar-refractivity contribution is 5.93. The van der Waals surface area contributed by atoms with Crippen LogP contribution >= 0.6 is 0 Å². The van der Waals surface area contributed by atoms with Crippen molar-refractivity contribution in [3.8, 4) is 0 Å². The molecule has 0 unspecified atom stereocenters. The molecule has 1 aromatic rings. The predicted octanol–water partition coefficient (Wildman–Crippen LogP) is 3.74. The van der Waals surface area contributed by atoms with E-state index < -0.39 is 0 Å². The lowest BCUT2D eigenvalue weighted by molar-refractivity contribution is -0.120. The van der Waals surface area contributed by atoms with Crippen LogP contribution in [0.15, 0.2) is 18.2 Å². The van der Waals surface area contributed by atoms with Crippen molar-refractivity contribution in [2.24, 2.45) is 5.92 Å². The van der Waals surface area contributed by atoms with Crippen molar-refractivity contribution >= 4 is 17.3 Å². The number of aryl methyl sites for hydroxylation is 1. The third kappa shape index (κ3) is 3.72. The second kappa shape index (κ2) is 6.60. The van der Waals surface area contributed by atoms with E-state index in [2.05, 4.69) is 12.2 Å². The van der Waals surface area contributed by atoms with Crippen LogP contribution in [-0.2, 0) is 11.2 Å². The van der Waals surface area contributed by atoms with Crippen LogP contribution in [0.2, 0.25) is 0 Å². The Labute approximate surface area is 115 Å². The van der Waals surface area contributed by atoms with Gasteiger partial charge < -0.3 is 11.1 Å². The van der Waals surface area contributed by atoms with Gasteiger partial charge in [-0.3, -0.25) is 4.79 Å². The molecule has 3 heteroatoms. The maximum Gasteiger partial charge on any atom is 0.227 e. The number of anilines is 2. The van der Waals surface area contributed by atoms with Crippen molar-refractivity contribution < 1.29 is 4.79 Å². The van der Waals surface area contributed by atoms with Gasteiger partial charge in [0.05, 0.1) is 0 Å². The molecule has 1 fully saturated rings. The molecule has 0 aromatic heterocycles. The minimum absolute atomic E-state index is 0.158. The van der Waals surface area contributed by atoms with E-state index in [4.69, 9.17) is 5.73 Å². The molecular formula is C16H24N2O. The summed E-state index contributed by atoms with van der Waals surface area (Å²) in [4.78, 5) is 12.2. The Balaban J connectivity index is 1.99. The van der Waals surface area contributed by atoms with E-state index in [9.17, 15) is 4.79 Å². The Morgan fingerprint density at radius 3 is 2.53 bits per heavy atom. The van der Waals surface area contributed by atoms with E-state index in [0.29, 0.717) is 0 Å². The number of carbonyl (C=O) groups excluding carboxylic acids is 1. The van der Waals surface area contributed by atoms with E-state index in [0.717, 1.165) is 36.2 Å². The van der Waals surface area contributed by atoms with Crippen LogP contribution in [0.25, 0.3) is 0 Å². The highest BCUT2D eigenvalue weighted by atomic mass is 16.1. The summed E-state index contributed by atoms with van der Waals surface area (Å²) < 4.78 is 0. The molecule has 1 aliphatic rings. The highest BCUT2D eigenvalue weighted by Crippen LogP contribution is 2.25. The molecular weight excluding hydrogens is 236 g/mol. The number of nitrogens with two attached hydrogens (primary N) is 1. The SMILES string of the molecule is CCc1ccc(NC(=O)C2CCCCCC2)cc1N. The molecule has 0 atom stereocenters. The molecule has 0 bridgehead atoms. The van der Waals surface area contributed by atoms with Gasteiger partial charge in [-0.15, -0.1) is 0 Å². The number of nitrogen functional groups attached to an aromatic ring is 1. The summed E-state index contributed by atoms with van der Waals surface area (Å²) in [5.41, 5.74) is 8.68. The average Bonchev–Trinajstić information content (AvgIpc) is 2.68. The van der Waals surface area contributed by atoms with Crippen LogP contribution in [0.3, 0.4) is 0 Å². The molecule has 104 valence electrons. The first-order valence-corrected chi connectivity index (χ1v) is 7.40. The lowest BCUT2D eigenvalue weighted by Gasteiger charge is -2.15. The van der Waals surface area contributed by atoms with Gasteiger partial charge in [-0.05, 0) is 37.0 Å². The van der Waals surface area contributed by atoms with E-state index in [-0.39, 0.29) is 11.8 Å². The maximum absolute atomic E-state index is 12.2. The van der Waals surface area contributed by atoms with Crippen LogP contribution in [0.1, 0.15) is 51.0 Å². The van der Waals surface area contributed by atoms with Gasteiger partial charge in [0.2, 0.25) is 5.91 Å². The number of hydrogen-bond acceptors (Lipinski definition) is 2. The topological polar surface area (TPSA) is 55.1 Å². The van der Waals surface area contributed by atoms with Crippen molar-refractivity contribution in [3.63, 3.8) is 0 Å². The first kappa shape index (κ1) is 13.9. The molecule has 19 heavy (non-hydrogen) atoms. The molecule has 1 amide bonds. The van der Waals surface area contributed by atoms with Crippen molar-refractivity contribution in [2.45, 2.75) is 51.9 Å². The molecule has 0 spiro atoms. The summed E-state index contributed by atoms with van der Waals surface area (Å²) in [5.74, 6) is 0.333. The fourth-order valence-electron chi connectivity index (χ4n) is 2.78. The zero-order chi connectivity index (χ0) is 13.7. The molecule has 2 rings (SSSR count). The first-order chi connectivity index (χ1) is 9.20. The summed E-state index contributed by atoms with van der Waals surface area (Å²) in [6.45, 7) is 2.08. The molecule has 0 radical (unpaired) electrons. The number of rotatable bonds is 3. The van der Waals surface area contributed by atoms with Gasteiger partial charge in [-0.1, -0.05) is 38.7 Å². The van der Waals surface area contributed by atoms with E-state index in [1.165, 1.54) is 25.7 Å². The molecule has 3 N–H and O–H groups in total. The molecule has 3 nitrogen and oxygen atoms in total. The second-order valence-corrected chi connectivity index (χ2v) is 5.44. The van der Waals surface area contributed by atoms with Crippen LogP contribution in [0.4, 0.5) is 11.4 Å². The Kier molecular flexibility index (Phi) is 4.83. The third-order valence-electron chi connectivity index (χ3n) is 4.02. The molecule has 0 saturated heterocycles. The molecule has 1 aromatic carbocycles. The number of nitrogens with one attached hydrogen (secondary N) is 1. The van der Waals surface area contributed by atoms with Crippen LogP contribution in [0.5, 0.6) is 0 Å². The lowest BCUT2D eigenvalue weighted by atomic mass is 9.99. The van der Waals surface area contributed by atoms with Crippen molar-refractivity contribution in [1.29, 1.82) is 0 Å². The Morgan fingerprint density at radius 2 is 1.95 bits per heavy atom. The van der Waals surface area contributed by atoms with Gasteiger partial charge in [0.25, 0.3) is 0 Å². The van der Waals surface area contributed by atoms with Crippen LogP contribution < -0.4 is 11.1 Å². The van der Waals surface area contributed by atoms with Gasteiger partial charge in [0.1, 0.15) is 0 Å². The lowest BCUT2D eigenvalue weighted by Crippen LogP contribution is -2.22. The minimum Gasteiger partial charge on any atom is -0.398 e. The normalized spacial score (nSPS) is 16.9. The number of hydrogen-bond donors (Lipinski definition) is 2. The monoisotopic (exact) mass is 260 g/mol. The second-order valence-electron chi connectivity index (χ2n) is 5.44. The zero-order valence-electron chi connectivity index (χ0n) is 11.7. The fraction of sp³-hybridized carbons (Fsp3) is 0.562. The number of carbonyl (C=O) groups is 1. The van der Waals surface area contributed by atoms with Crippen molar-refractivity contribution in [1.82, 2.24) is 0 Å². The van der Waals surface area contributed by atoms with Crippen molar-refractivity contribution in [3.05, 3.63) is 23.8 Å². The quantitative estimate of drug-likeness (QED) is 0.642. The zero-order valence-corrected chi connectivity index (χ0v) is 11.7. The molecule has 1 aliphatic carbocycles. The average molecular weight is 260 g/mol. The predicted molar refractivity (Wildman–Crippen MR) is 80.1 cm³/mol. The Bertz CT molecular complexity index is 434. The maximum atomic E-state index is 12.2. The van der Waals surface area contributed by atoms with Gasteiger partial charge >= 0.3 is 0 Å². The molecule has 0 heterocycles. The molecule has 1 saturated carbocycles. The van der Waals surface area contributed by atoms with Gasteiger partial charge in [-0.2, -0.15) is 0 Å². The van der Waals surface area contributed by atoms with Crippen LogP contribution in [-0.4, -0.2) is 5.91 Å². The minimum atomic E-state index is 0.158. The van der Waals surface area contributed by atoms with Gasteiger partial charge in [0, 0.05) is 17.3 Å². The van der Waals surface area contributed by atoms with Gasteiger partial charge in [-0.25, -0.2) is 0 Å². The first-order valence-electron chi connectivity index (χ1n) is 7.40. The number of benzene rings is 1. The molecule has 0 aliphatic heterocycles. The fourth-order valence-corrected chi connectivity index (χ4v) is 2.78. The summed E-state index contributed by atoms with van der Waals surface area (Å²) >= 11 is 0.